The monoisotopic (exact) mass is 463 g/mol. The summed E-state index contributed by atoms with van der Waals surface area (Å²) in [5.41, 5.74) is 3.80. The van der Waals surface area contributed by atoms with E-state index < -0.39 is 35.9 Å². The lowest BCUT2D eigenvalue weighted by Crippen LogP contribution is -2.47. The number of aromatic amines is 1. The third-order valence-corrected chi connectivity index (χ3v) is 4.78. The Morgan fingerprint density at radius 1 is 1.25 bits per heavy atom. The van der Waals surface area contributed by atoms with Gasteiger partial charge in [-0.3, -0.25) is 14.6 Å². The summed E-state index contributed by atoms with van der Waals surface area (Å²) in [6.45, 7) is 1.07. The highest BCUT2D eigenvalue weighted by molar-refractivity contribution is 6.31. The Morgan fingerprint density at radius 2 is 1.94 bits per heavy atom. The van der Waals surface area contributed by atoms with Gasteiger partial charge < -0.3 is 14.7 Å². The molecule has 1 amide bonds. The first-order valence-electron chi connectivity index (χ1n) is 9.35. The molecule has 32 heavy (non-hydrogen) atoms. The van der Waals surface area contributed by atoms with Gasteiger partial charge in [-0.25, -0.2) is 14.6 Å². The zero-order valence-corrected chi connectivity index (χ0v) is 17.5. The number of rotatable bonds is 8. The summed E-state index contributed by atoms with van der Waals surface area (Å²) in [6.07, 6.45) is -1.76. The van der Waals surface area contributed by atoms with E-state index >= 15 is 0 Å². The van der Waals surface area contributed by atoms with E-state index in [0.29, 0.717) is 27.3 Å². The van der Waals surface area contributed by atoms with Gasteiger partial charge in [0.05, 0.1) is 19.2 Å². The van der Waals surface area contributed by atoms with Crippen molar-refractivity contribution >= 4 is 23.5 Å². The van der Waals surface area contributed by atoms with Crippen LogP contribution in [-0.2, 0) is 11.3 Å². The van der Waals surface area contributed by atoms with Crippen LogP contribution in [0.25, 0.3) is 11.1 Å². The van der Waals surface area contributed by atoms with E-state index in [1.165, 1.54) is 12.1 Å². The molecule has 2 aromatic carbocycles. The highest BCUT2D eigenvalue weighted by atomic mass is 35.5. The van der Waals surface area contributed by atoms with Crippen molar-refractivity contribution in [1.29, 1.82) is 0 Å². The van der Waals surface area contributed by atoms with Crippen molar-refractivity contribution < 1.29 is 28.7 Å². The largest absolute Gasteiger partial charge is 0.479 e. The molecule has 0 fully saturated rings. The van der Waals surface area contributed by atoms with Gasteiger partial charge >= 0.3 is 11.9 Å². The Hall–Kier alpha value is -3.47. The number of carboxylic acid groups (broad SMARTS) is 1. The quantitative estimate of drug-likeness (QED) is 0.376. The normalized spacial score (nSPS) is 11.9. The number of aliphatic carboxylic acids is 1. The second-order valence-corrected chi connectivity index (χ2v) is 7.40. The standard InChI is InChI=1S/C21H19ClFN3O6/c1-11-6-14(22)7-15(19(11)23)13-4-2-12(3-5-13)10-26(24-9-16(27)21(30)31)20(29)17-8-18(28)25-32-17/h2-8,16,24,27H,9-10H2,1H3,(H,25,28)(H,30,31)/t16-/m0/s1. The van der Waals surface area contributed by atoms with Crippen molar-refractivity contribution in [3.8, 4) is 11.1 Å². The number of aliphatic hydroxyl groups excluding tert-OH is 1. The van der Waals surface area contributed by atoms with Gasteiger partial charge in [-0.1, -0.05) is 35.9 Å². The third-order valence-electron chi connectivity index (χ3n) is 4.57. The van der Waals surface area contributed by atoms with E-state index in [4.69, 9.17) is 21.2 Å². The van der Waals surface area contributed by atoms with Crippen LogP contribution < -0.4 is 11.0 Å². The number of nitrogens with one attached hydrogen (secondary N) is 2. The fourth-order valence-electron chi connectivity index (χ4n) is 2.91. The number of aryl methyl sites for hydroxylation is 1. The molecular formula is C21H19ClFN3O6. The minimum Gasteiger partial charge on any atom is -0.479 e. The molecule has 168 valence electrons. The number of amides is 1. The highest BCUT2D eigenvalue weighted by Crippen LogP contribution is 2.29. The molecule has 0 aliphatic carbocycles. The van der Waals surface area contributed by atoms with Crippen LogP contribution in [-0.4, -0.2) is 44.9 Å². The summed E-state index contributed by atoms with van der Waals surface area (Å²) < 4.78 is 19.3. The number of aliphatic hydroxyl groups is 1. The van der Waals surface area contributed by atoms with Gasteiger partial charge in [0, 0.05) is 10.6 Å². The first-order valence-corrected chi connectivity index (χ1v) is 9.73. The van der Waals surface area contributed by atoms with Crippen LogP contribution in [0, 0.1) is 12.7 Å². The second kappa shape index (κ2) is 9.77. The number of aromatic nitrogens is 1. The summed E-state index contributed by atoms with van der Waals surface area (Å²) in [6, 6.07) is 10.6. The minimum atomic E-state index is -1.76. The Balaban J connectivity index is 1.83. The number of hydrazine groups is 1. The molecule has 0 radical (unpaired) electrons. The molecule has 3 aromatic rings. The number of H-pyrrole nitrogens is 1. The van der Waals surface area contributed by atoms with E-state index in [-0.39, 0.29) is 12.3 Å². The van der Waals surface area contributed by atoms with E-state index in [2.05, 4.69) is 5.43 Å². The zero-order valence-electron chi connectivity index (χ0n) is 16.8. The lowest BCUT2D eigenvalue weighted by Gasteiger charge is -2.23. The Bertz CT molecular complexity index is 1190. The highest BCUT2D eigenvalue weighted by Gasteiger charge is 2.23. The smallest absolute Gasteiger partial charge is 0.333 e. The molecule has 0 bridgehead atoms. The number of nitrogens with zero attached hydrogens (tertiary/aromatic N) is 1. The Labute approximate surface area is 186 Å². The number of carbonyl (C=O) groups excluding carboxylic acids is 1. The van der Waals surface area contributed by atoms with Gasteiger partial charge in [-0.05, 0) is 35.7 Å². The molecule has 0 saturated heterocycles. The summed E-state index contributed by atoms with van der Waals surface area (Å²) in [7, 11) is 0. The molecule has 1 atom stereocenters. The van der Waals surface area contributed by atoms with E-state index in [9.17, 15) is 23.9 Å². The Morgan fingerprint density at radius 3 is 2.53 bits per heavy atom. The molecule has 0 unspecified atom stereocenters. The first kappa shape index (κ1) is 23.2. The van der Waals surface area contributed by atoms with Gasteiger partial charge in [0.15, 0.2) is 6.10 Å². The van der Waals surface area contributed by atoms with Crippen LogP contribution >= 0.6 is 11.6 Å². The fraction of sp³-hybridized carbons (Fsp3) is 0.190. The fourth-order valence-corrected chi connectivity index (χ4v) is 3.19. The Kier molecular flexibility index (Phi) is 7.08. The van der Waals surface area contributed by atoms with Crippen molar-refractivity contribution in [3.05, 3.63) is 80.5 Å². The van der Waals surface area contributed by atoms with Crippen molar-refractivity contribution in [2.24, 2.45) is 0 Å². The van der Waals surface area contributed by atoms with Gasteiger partial charge in [0.1, 0.15) is 5.82 Å². The van der Waals surface area contributed by atoms with Crippen LogP contribution in [0.15, 0.2) is 51.8 Å². The van der Waals surface area contributed by atoms with Crippen molar-refractivity contribution in [3.63, 3.8) is 0 Å². The molecule has 0 aliphatic heterocycles. The predicted octanol–water partition coefficient (Wildman–Crippen LogP) is 2.33. The zero-order chi connectivity index (χ0) is 23.4. The molecule has 4 N–H and O–H groups in total. The van der Waals surface area contributed by atoms with Gasteiger partial charge in [0.2, 0.25) is 5.76 Å². The van der Waals surface area contributed by atoms with Crippen molar-refractivity contribution in [2.75, 3.05) is 6.54 Å². The molecule has 0 saturated carbocycles. The number of carbonyl (C=O) groups is 2. The molecule has 0 aliphatic rings. The molecule has 1 heterocycles. The van der Waals surface area contributed by atoms with E-state index in [0.717, 1.165) is 11.1 Å². The molecule has 1 aromatic heterocycles. The number of carboxylic acids is 1. The van der Waals surface area contributed by atoms with Crippen LogP contribution in [0.1, 0.15) is 21.7 Å². The van der Waals surface area contributed by atoms with Crippen LogP contribution in [0.5, 0.6) is 0 Å². The molecule has 0 spiro atoms. The van der Waals surface area contributed by atoms with Gasteiger partial charge in [0.25, 0.3) is 5.56 Å². The third kappa shape index (κ3) is 5.41. The minimum absolute atomic E-state index is 0.0720. The van der Waals surface area contributed by atoms with Crippen molar-refractivity contribution in [1.82, 2.24) is 15.6 Å². The SMILES string of the molecule is Cc1cc(Cl)cc(-c2ccc(CN(NC[C@H](O)C(=O)O)C(=O)c3cc(=O)[nH]o3)cc2)c1F. The summed E-state index contributed by atoms with van der Waals surface area (Å²) in [5.74, 6) is -2.94. The maximum absolute atomic E-state index is 14.5. The average Bonchev–Trinajstić information content (AvgIpc) is 3.19. The molecule has 9 nitrogen and oxygen atoms in total. The van der Waals surface area contributed by atoms with Crippen molar-refractivity contribution in [2.45, 2.75) is 19.6 Å². The predicted molar refractivity (Wildman–Crippen MR) is 112 cm³/mol. The van der Waals surface area contributed by atoms with Crippen LogP contribution in [0.4, 0.5) is 4.39 Å². The molecule has 3 rings (SSSR count). The lowest BCUT2D eigenvalue weighted by atomic mass is 10.0. The van der Waals surface area contributed by atoms with E-state index in [1.807, 2.05) is 5.16 Å². The van der Waals surface area contributed by atoms with Gasteiger partial charge in [-0.2, -0.15) is 5.16 Å². The summed E-state index contributed by atoms with van der Waals surface area (Å²) in [4.78, 5) is 34.8. The maximum Gasteiger partial charge on any atom is 0.333 e. The van der Waals surface area contributed by atoms with Crippen LogP contribution in [0.3, 0.4) is 0 Å². The maximum atomic E-state index is 14.5. The summed E-state index contributed by atoms with van der Waals surface area (Å²) >= 11 is 6.03. The molecule has 11 heteroatoms. The number of hydrogen-bond donors (Lipinski definition) is 4. The number of halogens is 2. The number of hydrogen-bond acceptors (Lipinski definition) is 6. The topological polar surface area (TPSA) is 136 Å². The van der Waals surface area contributed by atoms with E-state index in [1.54, 1.807) is 31.2 Å². The molecular weight excluding hydrogens is 445 g/mol. The lowest BCUT2D eigenvalue weighted by molar-refractivity contribution is -0.146. The first-order chi connectivity index (χ1) is 15.2. The average molecular weight is 464 g/mol. The van der Waals surface area contributed by atoms with Gasteiger partial charge in [-0.15, -0.1) is 0 Å². The van der Waals surface area contributed by atoms with Crippen LogP contribution in [0.2, 0.25) is 5.02 Å². The second-order valence-electron chi connectivity index (χ2n) is 6.97. The summed E-state index contributed by atoms with van der Waals surface area (Å²) in [5, 5.41) is 21.7. The number of benzene rings is 2.